The van der Waals surface area contributed by atoms with Crippen LogP contribution >= 0.6 is 0 Å². The number of H-pyrrole nitrogens is 1. The fourth-order valence-electron chi connectivity index (χ4n) is 1.53. The molecule has 1 aromatic heterocycles. The summed E-state index contributed by atoms with van der Waals surface area (Å²) in [5.41, 5.74) is 0.00343. The summed E-state index contributed by atoms with van der Waals surface area (Å²) in [6.45, 7) is 0. The van der Waals surface area contributed by atoms with Crippen LogP contribution < -0.4 is 0 Å². The van der Waals surface area contributed by atoms with E-state index < -0.39 is 19.1 Å². The predicted octanol–water partition coefficient (Wildman–Crippen LogP) is 2.10. The van der Waals surface area contributed by atoms with Gasteiger partial charge in [-0.2, -0.15) is 0 Å². The van der Waals surface area contributed by atoms with Crippen LogP contribution in [0.4, 0.5) is 8.63 Å². The van der Waals surface area contributed by atoms with Crippen molar-refractivity contribution in [1.29, 1.82) is 0 Å². The number of rotatable bonds is 4. The molecule has 0 saturated carbocycles. The van der Waals surface area contributed by atoms with Gasteiger partial charge in [-0.1, -0.05) is 6.08 Å². The molecule has 0 aromatic carbocycles. The van der Waals surface area contributed by atoms with Crippen molar-refractivity contribution in [2.75, 3.05) is 0 Å². The fraction of sp³-hybridized carbons (Fsp3) is 0.0909. The minimum absolute atomic E-state index is 0.283. The van der Waals surface area contributed by atoms with Crippen LogP contribution in [-0.2, 0) is 0 Å². The first-order valence-electron chi connectivity index (χ1n) is 5.06. The zero-order valence-electron chi connectivity index (χ0n) is 8.81. The van der Waals surface area contributed by atoms with Gasteiger partial charge in [0.15, 0.2) is 0 Å². The van der Waals surface area contributed by atoms with E-state index in [2.05, 4.69) is 9.98 Å². The van der Waals surface area contributed by atoms with Crippen LogP contribution in [0, 0.1) is 0 Å². The van der Waals surface area contributed by atoms with E-state index in [-0.39, 0.29) is 11.2 Å². The van der Waals surface area contributed by atoms with Crippen LogP contribution in [0.15, 0.2) is 47.0 Å². The number of nitrogens with one attached hydrogen (secondary N) is 1. The summed E-state index contributed by atoms with van der Waals surface area (Å²) < 4.78 is 25.6. The molecule has 0 fully saturated rings. The number of hydrogen-bond acceptors (Lipinski definition) is 2. The topological polar surface area (TPSA) is 45.2 Å². The molecule has 0 aliphatic carbocycles. The largest absolute Gasteiger partial charge is 0.570 e. The first-order valence-corrected chi connectivity index (χ1v) is 5.06. The molecule has 1 N–H and O–H groups in total. The molecule has 0 bridgehead atoms. The van der Waals surface area contributed by atoms with E-state index in [0.29, 0.717) is 0 Å². The van der Waals surface area contributed by atoms with E-state index >= 15 is 0 Å². The van der Waals surface area contributed by atoms with Gasteiger partial charge in [0.05, 0.1) is 11.7 Å². The van der Waals surface area contributed by atoms with Crippen LogP contribution in [0.25, 0.3) is 0 Å². The van der Waals surface area contributed by atoms with Gasteiger partial charge >= 0.3 is 7.27 Å². The molecular formula is C11H9BF2N2O. The second kappa shape index (κ2) is 4.90. The highest BCUT2D eigenvalue weighted by Gasteiger charge is 2.28. The van der Waals surface area contributed by atoms with Crippen molar-refractivity contribution < 1.29 is 13.4 Å². The first kappa shape index (κ1) is 11.5. The molecule has 2 heterocycles. The van der Waals surface area contributed by atoms with Gasteiger partial charge in [0.1, 0.15) is 0 Å². The van der Waals surface area contributed by atoms with Gasteiger partial charge in [-0.25, -0.2) is 0 Å². The van der Waals surface area contributed by atoms with Gasteiger partial charge < -0.3 is 4.98 Å². The molecular weight excluding hydrogens is 225 g/mol. The van der Waals surface area contributed by atoms with Crippen LogP contribution in [0.3, 0.4) is 0 Å². The molecule has 2 rings (SSSR count). The Hall–Kier alpha value is -1.98. The van der Waals surface area contributed by atoms with Crippen molar-refractivity contribution in [2.45, 2.75) is 6.04 Å². The minimum Gasteiger partial charge on any atom is -0.359 e. The van der Waals surface area contributed by atoms with E-state index in [1.807, 2.05) is 0 Å². The molecule has 0 spiro atoms. The lowest BCUT2D eigenvalue weighted by Crippen LogP contribution is -2.16. The van der Waals surface area contributed by atoms with Crippen LogP contribution in [0.2, 0.25) is 0 Å². The van der Waals surface area contributed by atoms with Gasteiger partial charge in [-0.3, -0.25) is 18.4 Å². The lowest BCUT2D eigenvalue weighted by Gasteiger charge is -2.06. The first-order chi connectivity index (χ1) is 8.18. The lowest BCUT2D eigenvalue weighted by atomic mass is 9.79. The summed E-state index contributed by atoms with van der Waals surface area (Å²) >= 11 is 0. The third-order valence-electron chi connectivity index (χ3n) is 2.38. The number of carbonyl (C=O) groups excluding carboxylic acids is 1. The van der Waals surface area contributed by atoms with Crippen LogP contribution in [0.1, 0.15) is 10.5 Å². The van der Waals surface area contributed by atoms with Crippen molar-refractivity contribution in [3.63, 3.8) is 0 Å². The summed E-state index contributed by atoms with van der Waals surface area (Å²) in [5, 5.41) is 0. The maximum Gasteiger partial charge on any atom is 0.570 e. The summed E-state index contributed by atoms with van der Waals surface area (Å²) in [5.74, 6) is -0.471. The van der Waals surface area contributed by atoms with Gasteiger partial charge in [-0.05, 0) is 24.3 Å². The average molecular weight is 234 g/mol. The number of aromatic amines is 1. The summed E-state index contributed by atoms with van der Waals surface area (Å²) in [7, 11) is -2.70. The average Bonchev–Trinajstić information content (AvgIpc) is 2.97. The van der Waals surface area contributed by atoms with E-state index in [0.717, 1.165) is 6.08 Å². The summed E-state index contributed by atoms with van der Waals surface area (Å²) in [6, 6.07) is 2.45. The Labute approximate surface area is 97.1 Å². The van der Waals surface area contributed by atoms with Crippen molar-refractivity contribution in [2.24, 2.45) is 4.99 Å². The molecule has 6 heteroatoms. The maximum atomic E-state index is 12.8. The third-order valence-corrected chi connectivity index (χ3v) is 2.38. The number of nitrogens with zero attached hydrogens (tertiary/aromatic N) is 1. The normalized spacial score (nSPS) is 18.7. The number of hydrogen-bond donors (Lipinski definition) is 1. The Morgan fingerprint density at radius 1 is 1.53 bits per heavy atom. The second-order valence-electron chi connectivity index (χ2n) is 3.52. The zero-order chi connectivity index (χ0) is 12.3. The van der Waals surface area contributed by atoms with Crippen molar-refractivity contribution in [1.82, 2.24) is 4.98 Å². The number of carbonyl (C=O) groups is 1. The molecule has 86 valence electrons. The highest BCUT2D eigenvalue weighted by molar-refractivity contribution is 6.53. The smallest absolute Gasteiger partial charge is 0.359 e. The van der Waals surface area contributed by atoms with Crippen molar-refractivity contribution in [3.05, 3.63) is 47.7 Å². The van der Waals surface area contributed by atoms with Crippen molar-refractivity contribution >= 4 is 19.3 Å². The monoisotopic (exact) mass is 234 g/mol. The number of ketones is 1. The Balaban J connectivity index is 2.24. The highest BCUT2D eigenvalue weighted by atomic mass is 19.2. The maximum absolute atomic E-state index is 12.8. The minimum atomic E-state index is -2.70. The molecule has 1 aromatic rings. The molecule has 3 nitrogen and oxygen atoms in total. The zero-order valence-corrected chi connectivity index (χ0v) is 8.81. The van der Waals surface area contributed by atoms with Gasteiger partial charge in [-0.15, -0.1) is 0 Å². The van der Waals surface area contributed by atoms with E-state index in [4.69, 9.17) is 0 Å². The molecule has 1 aliphatic heterocycles. The second-order valence-corrected chi connectivity index (χ2v) is 3.52. The molecule has 1 aliphatic rings. The SMILES string of the molecule is O=C(/C=C(\B(F)F)C1C=CC=N1)c1ccc[nH]1. The van der Waals surface area contributed by atoms with Gasteiger partial charge in [0.2, 0.25) is 5.78 Å². The summed E-state index contributed by atoms with van der Waals surface area (Å²) in [6.07, 6.45) is 7.07. The molecule has 0 saturated heterocycles. The standard InChI is InChI=1S/C11H9BF2N2O/c13-12(14)8(9-3-1-5-15-9)7-11(17)10-4-2-6-16-10/h1-7,9,16H/b8-7-. The lowest BCUT2D eigenvalue weighted by molar-refractivity contribution is 0.104. The van der Waals surface area contributed by atoms with Crippen LogP contribution in [0.5, 0.6) is 0 Å². The molecule has 0 radical (unpaired) electrons. The number of aliphatic imine (C=N–C) groups is 1. The van der Waals surface area contributed by atoms with E-state index in [1.54, 1.807) is 18.3 Å². The Morgan fingerprint density at radius 2 is 2.35 bits per heavy atom. The van der Waals surface area contributed by atoms with E-state index in [1.165, 1.54) is 18.4 Å². The summed E-state index contributed by atoms with van der Waals surface area (Å²) in [4.78, 5) is 18.2. The van der Waals surface area contributed by atoms with E-state index in [9.17, 15) is 13.4 Å². The fourth-order valence-corrected chi connectivity index (χ4v) is 1.53. The number of allylic oxidation sites excluding steroid dienone is 2. The van der Waals surface area contributed by atoms with Gasteiger partial charge in [0, 0.05) is 17.9 Å². The number of aromatic nitrogens is 1. The molecule has 17 heavy (non-hydrogen) atoms. The Kier molecular flexibility index (Phi) is 3.32. The molecule has 0 amide bonds. The number of halogens is 2. The highest BCUT2D eigenvalue weighted by Crippen LogP contribution is 2.17. The molecule has 1 unspecified atom stereocenters. The predicted molar refractivity (Wildman–Crippen MR) is 62.6 cm³/mol. The van der Waals surface area contributed by atoms with Gasteiger partial charge in [0.25, 0.3) is 0 Å². The third kappa shape index (κ3) is 2.58. The Morgan fingerprint density at radius 3 is 2.88 bits per heavy atom. The molecule has 1 atom stereocenters. The quantitative estimate of drug-likeness (QED) is 0.484. The Bertz CT molecular complexity index is 480. The van der Waals surface area contributed by atoms with Crippen molar-refractivity contribution in [3.8, 4) is 0 Å². The van der Waals surface area contributed by atoms with Crippen LogP contribution in [-0.4, -0.2) is 30.3 Å².